The smallest absolute Gasteiger partial charge is 0.342 e. The molecule has 0 aromatic heterocycles. The van der Waals surface area contributed by atoms with Crippen molar-refractivity contribution >= 4 is 35.1 Å². The summed E-state index contributed by atoms with van der Waals surface area (Å²) in [5.74, 6) is -0.656. The van der Waals surface area contributed by atoms with Crippen molar-refractivity contribution in [1.82, 2.24) is 5.32 Å². The highest BCUT2D eigenvalue weighted by atomic mass is 35.5. The maximum Gasteiger partial charge on any atom is 0.342 e. The fourth-order valence-corrected chi connectivity index (χ4v) is 2.64. The monoisotopic (exact) mass is 395 g/mol. The van der Waals surface area contributed by atoms with Gasteiger partial charge in [-0.2, -0.15) is 0 Å². The second-order valence-electron chi connectivity index (χ2n) is 5.74. The molecule has 0 saturated carbocycles. The van der Waals surface area contributed by atoms with Gasteiger partial charge in [0.15, 0.2) is 6.61 Å². The SMILES string of the molecule is COc1ccc(C)cc1C(=O)OCC(=O)N[C@@H](C)c1ccc(Cl)c(Cl)c1. The summed E-state index contributed by atoms with van der Waals surface area (Å²) >= 11 is 11.9. The van der Waals surface area contributed by atoms with Crippen LogP contribution in [-0.4, -0.2) is 25.6 Å². The average Bonchev–Trinajstić information content (AvgIpc) is 2.61. The molecule has 138 valence electrons. The van der Waals surface area contributed by atoms with Gasteiger partial charge in [0.2, 0.25) is 0 Å². The number of amides is 1. The molecule has 0 aliphatic heterocycles. The van der Waals surface area contributed by atoms with Crippen molar-refractivity contribution in [2.75, 3.05) is 13.7 Å². The third kappa shape index (κ3) is 5.13. The van der Waals surface area contributed by atoms with E-state index in [1.807, 2.05) is 13.0 Å². The topological polar surface area (TPSA) is 64.6 Å². The molecule has 1 atom stereocenters. The minimum Gasteiger partial charge on any atom is -0.496 e. The van der Waals surface area contributed by atoms with Crippen LogP contribution in [-0.2, 0) is 9.53 Å². The largest absolute Gasteiger partial charge is 0.496 e. The zero-order chi connectivity index (χ0) is 19.3. The minimum absolute atomic E-state index is 0.276. The van der Waals surface area contributed by atoms with Crippen molar-refractivity contribution in [3.63, 3.8) is 0 Å². The van der Waals surface area contributed by atoms with E-state index in [1.54, 1.807) is 37.3 Å². The van der Waals surface area contributed by atoms with Gasteiger partial charge in [-0.1, -0.05) is 40.9 Å². The molecule has 2 aromatic rings. The van der Waals surface area contributed by atoms with E-state index in [0.717, 1.165) is 11.1 Å². The van der Waals surface area contributed by atoms with Crippen LogP contribution in [0.5, 0.6) is 5.75 Å². The van der Waals surface area contributed by atoms with Gasteiger partial charge < -0.3 is 14.8 Å². The Hall–Kier alpha value is -2.24. The normalized spacial score (nSPS) is 11.6. The molecule has 0 aliphatic carbocycles. The van der Waals surface area contributed by atoms with Gasteiger partial charge in [0.25, 0.3) is 5.91 Å². The Kier molecular flexibility index (Phi) is 6.89. The molecule has 7 heteroatoms. The molecule has 0 aliphatic rings. The van der Waals surface area contributed by atoms with Crippen LogP contribution < -0.4 is 10.1 Å². The van der Waals surface area contributed by atoms with Gasteiger partial charge in [-0.25, -0.2) is 4.79 Å². The first kappa shape index (κ1) is 20.1. The summed E-state index contributed by atoms with van der Waals surface area (Å²) in [7, 11) is 1.47. The Labute approximate surface area is 162 Å². The number of hydrogen-bond donors (Lipinski definition) is 1. The van der Waals surface area contributed by atoms with Gasteiger partial charge in [-0.15, -0.1) is 0 Å². The highest BCUT2D eigenvalue weighted by molar-refractivity contribution is 6.42. The van der Waals surface area contributed by atoms with Gasteiger partial charge in [-0.3, -0.25) is 4.79 Å². The zero-order valence-electron chi connectivity index (χ0n) is 14.6. The molecule has 0 spiro atoms. The summed E-state index contributed by atoms with van der Waals surface area (Å²) in [6, 6.07) is 9.94. The Morgan fingerprint density at radius 2 is 1.85 bits per heavy atom. The number of ether oxygens (including phenoxy) is 2. The van der Waals surface area contributed by atoms with E-state index < -0.39 is 18.5 Å². The first-order valence-corrected chi connectivity index (χ1v) is 8.63. The second-order valence-corrected chi connectivity index (χ2v) is 6.56. The average molecular weight is 396 g/mol. The molecule has 26 heavy (non-hydrogen) atoms. The van der Waals surface area contributed by atoms with Crippen LogP contribution in [0.25, 0.3) is 0 Å². The number of esters is 1. The van der Waals surface area contributed by atoms with E-state index in [-0.39, 0.29) is 11.6 Å². The number of aryl methyl sites for hydroxylation is 1. The maximum atomic E-state index is 12.2. The van der Waals surface area contributed by atoms with Gasteiger partial charge >= 0.3 is 5.97 Å². The number of methoxy groups -OCH3 is 1. The molecule has 0 heterocycles. The molecule has 5 nitrogen and oxygen atoms in total. The minimum atomic E-state index is -0.622. The number of nitrogens with one attached hydrogen (secondary N) is 1. The third-order valence-electron chi connectivity index (χ3n) is 3.73. The predicted molar refractivity (Wildman–Crippen MR) is 101 cm³/mol. The van der Waals surface area contributed by atoms with E-state index >= 15 is 0 Å². The Morgan fingerprint density at radius 3 is 2.50 bits per heavy atom. The zero-order valence-corrected chi connectivity index (χ0v) is 16.1. The van der Waals surface area contributed by atoms with Crippen molar-refractivity contribution in [1.29, 1.82) is 0 Å². The van der Waals surface area contributed by atoms with E-state index in [0.29, 0.717) is 15.8 Å². The van der Waals surface area contributed by atoms with Gasteiger partial charge in [-0.05, 0) is 43.7 Å². The number of hydrogen-bond acceptors (Lipinski definition) is 4. The molecule has 1 amide bonds. The molecular weight excluding hydrogens is 377 g/mol. The lowest BCUT2D eigenvalue weighted by atomic mass is 10.1. The van der Waals surface area contributed by atoms with E-state index in [1.165, 1.54) is 7.11 Å². The van der Waals surface area contributed by atoms with Crippen molar-refractivity contribution in [3.05, 3.63) is 63.1 Å². The van der Waals surface area contributed by atoms with E-state index in [2.05, 4.69) is 5.32 Å². The molecule has 0 fully saturated rings. The number of carbonyl (C=O) groups is 2. The Balaban J connectivity index is 1.95. The van der Waals surface area contributed by atoms with Crippen LogP contribution in [0, 0.1) is 6.92 Å². The Bertz CT molecular complexity index is 823. The highest BCUT2D eigenvalue weighted by Crippen LogP contribution is 2.25. The van der Waals surface area contributed by atoms with Crippen LogP contribution in [0.15, 0.2) is 36.4 Å². The number of rotatable bonds is 6. The Morgan fingerprint density at radius 1 is 1.12 bits per heavy atom. The van der Waals surface area contributed by atoms with Crippen molar-refractivity contribution in [3.8, 4) is 5.75 Å². The summed E-state index contributed by atoms with van der Waals surface area (Å²) in [6.45, 7) is 3.24. The highest BCUT2D eigenvalue weighted by Gasteiger charge is 2.17. The lowest BCUT2D eigenvalue weighted by Crippen LogP contribution is -2.31. The van der Waals surface area contributed by atoms with Gasteiger partial charge in [0, 0.05) is 0 Å². The quantitative estimate of drug-likeness (QED) is 0.738. The number of carbonyl (C=O) groups excluding carboxylic acids is 2. The summed E-state index contributed by atoms with van der Waals surface area (Å²) in [5, 5.41) is 3.59. The second kappa shape index (κ2) is 8.92. The fourth-order valence-electron chi connectivity index (χ4n) is 2.34. The standard InChI is InChI=1S/C19H19Cl2NO4/c1-11-4-7-17(25-3)14(8-11)19(24)26-10-18(23)22-12(2)13-5-6-15(20)16(21)9-13/h4-9,12H,10H2,1-3H3,(H,22,23)/t12-/m0/s1. The van der Waals surface area contributed by atoms with Gasteiger partial charge in [0.05, 0.1) is 23.2 Å². The first-order chi connectivity index (χ1) is 12.3. The van der Waals surface area contributed by atoms with Crippen LogP contribution in [0.1, 0.15) is 34.5 Å². The molecule has 1 N–H and O–H groups in total. The summed E-state index contributed by atoms with van der Waals surface area (Å²) in [4.78, 5) is 24.3. The van der Waals surface area contributed by atoms with Crippen LogP contribution in [0.4, 0.5) is 0 Å². The molecule has 0 radical (unpaired) electrons. The molecule has 0 saturated heterocycles. The summed E-state index contributed by atoms with van der Waals surface area (Å²) < 4.78 is 10.2. The third-order valence-corrected chi connectivity index (χ3v) is 4.47. The molecule has 0 bridgehead atoms. The first-order valence-electron chi connectivity index (χ1n) is 7.88. The van der Waals surface area contributed by atoms with Gasteiger partial charge in [0.1, 0.15) is 11.3 Å². The van der Waals surface area contributed by atoms with Crippen molar-refractivity contribution < 1.29 is 19.1 Å². The lowest BCUT2D eigenvalue weighted by molar-refractivity contribution is -0.124. The van der Waals surface area contributed by atoms with Crippen LogP contribution in [0.2, 0.25) is 10.0 Å². The maximum absolute atomic E-state index is 12.2. The summed E-state index contributed by atoms with van der Waals surface area (Å²) in [6.07, 6.45) is 0. The molecule has 0 unspecified atom stereocenters. The fraction of sp³-hybridized carbons (Fsp3) is 0.263. The molecule has 2 aromatic carbocycles. The van der Waals surface area contributed by atoms with Crippen molar-refractivity contribution in [2.45, 2.75) is 19.9 Å². The lowest BCUT2D eigenvalue weighted by Gasteiger charge is -2.15. The van der Waals surface area contributed by atoms with E-state index in [4.69, 9.17) is 32.7 Å². The molecular formula is C19H19Cl2NO4. The van der Waals surface area contributed by atoms with E-state index in [9.17, 15) is 9.59 Å². The van der Waals surface area contributed by atoms with Crippen molar-refractivity contribution in [2.24, 2.45) is 0 Å². The predicted octanol–water partition coefficient (Wildman–Crippen LogP) is 4.34. The van der Waals surface area contributed by atoms with Crippen LogP contribution in [0.3, 0.4) is 0 Å². The molecule has 2 rings (SSSR count). The number of benzene rings is 2. The summed E-state index contributed by atoms with van der Waals surface area (Å²) in [5.41, 5.74) is 1.95. The number of halogens is 2. The van der Waals surface area contributed by atoms with Crippen LogP contribution >= 0.6 is 23.2 Å².